The third-order valence-electron chi connectivity index (χ3n) is 2.70. The number of Topliss-reactive ketones (excluding diaryl/α,β-unsaturated/α-hetero) is 1. The maximum Gasteiger partial charge on any atom is 0.235 e. The number of allylic oxidation sites excluding steroid dienone is 1. The Labute approximate surface area is 122 Å². The maximum absolute atomic E-state index is 12.1. The SMILES string of the molecule is CC(C)OC1=CC(=O)C(=O)c2c(NS(C)(=O)=O)cccc21. The number of sulfonamides is 1. The Bertz CT molecular complexity index is 747. The Balaban J connectivity index is 2.61. The molecule has 0 heterocycles. The van der Waals surface area contributed by atoms with Gasteiger partial charge in [-0.2, -0.15) is 0 Å². The number of rotatable bonds is 4. The fourth-order valence-electron chi connectivity index (χ4n) is 2.02. The van der Waals surface area contributed by atoms with Gasteiger partial charge in [0.15, 0.2) is 0 Å². The molecule has 21 heavy (non-hydrogen) atoms. The largest absolute Gasteiger partial charge is 0.490 e. The van der Waals surface area contributed by atoms with Crippen molar-refractivity contribution < 1.29 is 22.7 Å². The van der Waals surface area contributed by atoms with Crippen LogP contribution in [0.15, 0.2) is 24.3 Å². The van der Waals surface area contributed by atoms with Crippen molar-refractivity contribution in [3.63, 3.8) is 0 Å². The molecule has 0 unspecified atom stereocenters. The summed E-state index contributed by atoms with van der Waals surface area (Å²) in [4.78, 5) is 23.9. The number of anilines is 1. The van der Waals surface area contributed by atoms with Crippen molar-refractivity contribution >= 4 is 33.0 Å². The minimum Gasteiger partial charge on any atom is -0.490 e. The Hall–Kier alpha value is -2.15. The molecule has 0 amide bonds. The fourth-order valence-corrected chi connectivity index (χ4v) is 2.59. The highest BCUT2D eigenvalue weighted by molar-refractivity contribution is 7.92. The van der Waals surface area contributed by atoms with Gasteiger partial charge >= 0.3 is 0 Å². The summed E-state index contributed by atoms with van der Waals surface area (Å²) < 4.78 is 30.5. The lowest BCUT2D eigenvalue weighted by molar-refractivity contribution is -0.111. The van der Waals surface area contributed by atoms with E-state index < -0.39 is 21.6 Å². The van der Waals surface area contributed by atoms with Crippen molar-refractivity contribution in [2.75, 3.05) is 11.0 Å². The second-order valence-corrected chi connectivity index (χ2v) is 6.72. The topological polar surface area (TPSA) is 89.5 Å². The molecule has 0 aromatic heterocycles. The average molecular weight is 309 g/mol. The second-order valence-electron chi connectivity index (χ2n) is 4.97. The molecule has 0 spiro atoms. The van der Waals surface area contributed by atoms with E-state index in [0.717, 1.165) is 12.3 Å². The number of benzene rings is 1. The summed E-state index contributed by atoms with van der Waals surface area (Å²) in [6, 6.07) is 4.64. The van der Waals surface area contributed by atoms with Gasteiger partial charge in [-0.05, 0) is 19.9 Å². The number of hydrogen-bond donors (Lipinski definition) is 1. The van der Waals surface area contributed by atoms with Crippen LogP contribution >= 0.6 is 0 Å². The predicted octanol–water partition coefficient (Wildman–Crippen LogP) is 1.59. The molecule has 0 atom stereocenters. The Morgan fingerprint density at radius 3 is 2.43 bits per heavy atom. The highest BCUT2D eigenvalue weighted by atomic mass is 32.2. The molecule has 1 aromatic carbocycles. The van der Waals surface area contributed by atoms with Crippen LogP contribution < -0.4 is 4.72 Å². The molecule has 1 aromatic rings. The van der Waals surface area contributed by atoms with E-state index in [4.69, 9.17) is 4.74 Å². The monoisotopic (exact) mass is 309 g/mol. The van der Waals surface area contributed by atoms with Crippen LogP contribution in [-0.2, 0) is 19.6 Å². The summed E-state index contributed by atoms with van der Waals surface area (Å²) in [6.07, 6.45) is 1.93. The number of nitrogens with one attached hydrogen (secondary N) is 1. The number of ketones is 2. The van der Waals surface area contributed by atoms with Crippen LogP contribution in [0.25, 0.3) is 5.76 Å². The van der Waals surface area contributed by atoms with Gasteiger partial charge in [-0.15, -0.1) is 0 Å². The lowest BCUT2D eigenvalue weighted by Crippen LogP contribution is -2.23. The highest BCUT2D eigenvalue weighted by Crippen LogP contribution is 2.32. The normalized spacial score (nSPS) is 14.8. The molecule has 0 fully saturated rings. The van der Waals surface area contributed by atoms with E-state index in [1.807, 2.05) is 0 Å². The zero-order chi connectivity index (χ0) is 15.8. The van der Waals surface area contributed by atoms with Crippen LogP contribution in [0.2, 0.25) is 0 Å². The Kier molecular flexibility index (Phi) is 3.87. The minimum atomic E-state index is -3.57. The zero-order valence-corrected chi connectivity index (χ0v) is 12.7. The van der Waals surface area contributed by atoms with Crippen LogP contribution in [0.4, 0.5) is 5.69 Å². The quantitative estimate of drug-likeness (QED) is 0.853. The van der Waals surface area contributed by atoms with Gasteiger partial charge in [-0.25, -0.2) is 8.42 Å². The molecule has 0 saturated heterocycles. The Morgan fingerprint density at radius 1 is 1.19 bits per heavy atom. The molecule has 0 saturated carbocycles. The fraction of sp³-hybridized carbons (Fsp3) is 0.286. The minimum absolute atomic E-state index is 0.0195. The number of carbonyl (C=O) groups is 2. The molecule has 7 heteroatoms. The standard InChI is InChI=1S/C14H15NO5S/c1-8(2)20-12-7-11(16)14(17)13-9(12)5-4-6-10(13)15-21(3,18)19/h4-8,15H,1-3H3. The molecular formula is C14H15NO5S. The summed E-state index contributed by atoms with van der Waals surface area (Å²) in [7, 11) is -3.57. The summed E-state index contributed by atoms with van der Waals surface area (Å²) in [5.74, 6) is -1.23. The molecular weight excluding hydrogens is 294 g/mol. The van der Waals surface area contributed by atoms with E-state index in [0.29, 0.717) is 5.56 Å². The van der Waals surface area contributed by atoms with E-state index in [-0.39, 0.29) is 23.1 Å². The van der Waals surface area contributed by atoms with Crippen LogP contribution in [-0.4, -0.2) is 32.3 Å². The number of fused-ring (bicyclic) bond motifs is 1. The number of carbonyl (C=O) groups excluding carboxylic acids is 2. The van der Waals surface area contributed by atoms with Gasteiger partial charge in [-0.3, -0.25) is 14.3 Å². The molecule has 6 nitrogen and oxygen atoms in total. The summed E-state index contributed by atoms with van der Waals surface area (Å²) in [6.45, 7) is 3.58. The van der Waals surface area contributed by atoms with E-state index in [2.05, 4.69) is 4.72 Å². The van der Waals surface area contributed by atoms with Crippen molar-refractivity contribution in [1.82, 2.24) is 0 Å². The van der Waals surface area contributed by atoms with Crippen molar-refractivity contribution in [3.8, 4) is 0 Å². The molecule has 1 N–H and O–H groups in total. The van der Waals surface area contributed by atoms with E-state index in [1.54, 1.807) is 26.0 Å². The lowest BCUT2D eigenvalue weighted by Gasteiger charge is -2.21. The van der Waals surface area contributed by atoms with Gasteiger partial charge in [0.25, 0.3) is 0 Å². The third-order valence-corrected chi connectivity index (χ3v) is 3.29. The maximum atomic E-state index is 12.1. The zero-order valence-electron chi connectivity index (χ0n) is 11.8. The lowest BCUT2D eigenvalue weighted by atomic mass is 9.92. The number of ether oxygens (including phenoxy) is 1. The van der Waals surface area contributed by atoms with Crippen LogP contribution in [0.1, 0.15) is 29.8 Å². The van der Waals surface area contributed by atoms with Crippen LogP contribution in [0, 0.1) is 0 Å². The molecule has 1 aliphatic rings. The van der Waals surface area contributed by atoms with Crippen LogP contribution in [0.3, 0.4) is 0 Å². The molecule has 0 aliphatic heterocycles. The Morgan fingerprint density at radius 2 is 1.86 bits per heavy atom. The van der Waals surface area contributed by atoms with Gasteiger partial charge in [0, 0.05) is 11.6 Å². The third kappa shape index (κ3) is 3.30. The summed E-state index contributed by atoms with van der Waals surface area (Å²) >= 11 is 0. The van der Waals surface area contributed by atoms with E-state index in [9.17, 15) is 18.0 Å². The van der Waals surface area contributed by atoms with E-state index in [1.165, 1.54) is 6.07 Å². The van der Waals surface area contributed by atoms with Crippen LogP contribution in [0.5, 0.6) is 0 Å². The summed E-state index contributed by atoms with van der Waals surface area (Å²) in [5.41, 5.74) is 0.499. The number of hydrogen-bond acceptors (Lipinski definition) is 5. The van der Waals surface area contributed by atoms with Gasteiger partial charge in [0.05, 0.1) is 23.6 Å². The molecule has 0 radical (unpaired) electrons. The van der Waals surface area contributed by atoms with Gasteiger partial charge < -0.3 is 4.74 Å². The summed E-state index contributed by atoms with van der Waals surface area (Å²) in [5, 5.41) is 0. The van der Waals surface area contributed by atoms with Crippen molar-refractivity contribution in [1.29, 1.82) is 0 Å². The average Bonchev–Trinajstić information content (AvgIpc) is 2.33. The molecule has 1 aliphatic carbocycles. The van der Waals surface area contributed by atoms with Gasteiger partial charge in [-0.1, -0.05) is 12.1 Å². The highest BCUT2D eigenvalue weighted by Gasteiger charge is 2.30. The smallest absolute Gasteiger partial charge is 0.235 e. The van der Waals surface area contributed by atoms with Crippen molar-refractivity contribution in [2.45, 2.75) is 20.0 Å². The predicted molar refractivity (Wildman–Crippen MR) is 78.4 cm³/mol. The van der Waals surface area contributed by atoms with Gasteiger partial charge in [0.1, 0.15) is 5.76 Å². The first-order valence-corrected chi connectivity index (χ1v) is 8.16. The first-order valence-electron chi connectivity index (χ1n) is 6.27. The molecule has 112 valence electrons. The van der Waals surface area contributed by atoms with Crippen molar-refractivity contribution in [2.24, 2.45) is 0 Å². The van der Waals surface area contributed by atoms with E-state index >= 15 is 0 Å². The molecule has 0 bridgehead atoms. The first kappa shape index (κ1) is 15.2. The van der Waals surface area contributed by atoms with Gasteiger partial charge in [0.2, 0.25) is 21.6 Å². The van der Waals surface area contributed by atoms with Crippen molar-refractivity contribution in [3.05, 3.63) is 35.4 Å². The first-order chi connectivity index (χ1) is 9.69. The second kappa shape index (κ2) is 5.33. The molecule has 2 rings (SSSR count).